The van der Waals surface area contributed by atoms with E-state index in [2.05, 4.69) is 264 Å². The summed E-state index contributed by atoms with van der Waals surface area (Å²) in [6, 6.07) is 52.5. The minimum absolute atomic E-state index is 0.0139. The van der Waals surface area contributed by atoms with Gasteiger partial charge in [0, 0.05) is 28.6 Å². The van der Waals surface area contributed by atoms with Gasteiger partial charge in [0.1, 0.15) is 17.3 Å². The molecule has 0 amide bonds. The highest BCUT2D eigenvalue weighted by Gasteiger charge is 2.54. The second kappa shape index (κ2) is 16.1. The minimum Gasteiger partial charge on any atom is -0.457 e. The van der Waals surface area contributed by atoms with Crippen molar-refractivity contribution in [3.05, 3.63) is 202 Å². The summed E-state index contributed by atoms with van der Waals surface area (Å²) in [5.74, 6) is 2.39. The van der Waals surface area contributed by atoms with Gasteiger partial charge in [-0.15, -0.1) is 0 Å². The number of ether oxygens (including phenoxy) is 1. The first-order valence-corrected chi connectivity index (χ1v) is 27.0. The zero-order chi connectivity index (χ0) is 53.1. The Morgan fingerprint density at radius 3 is 1.71 bits per heavy atom. The van der Waals surface area contributed by atoms with Crippen molar-refractivity contribution in [2.45, 2.75) is 136 Å². The maximum absolute atomic E-state index is 7.50. The molecule has 0 saturated heterocycles. The van der Waals surface area contributed by atoms with E-state index in [-0.39, 0.29) is 27.1 Å². The second-order valence-corrected chi connectivity index (χ2v) is 26.8. The summed E-state index contributed by atoms with van der Waals surface area (Å²) in [5, 5.41) is 2.31. The summed E-state index contributed by atoms with van der Waals surface area (Å²) in [5.41, 5.74) is 21.2. The molecule has 5 heteroatoms. The van der Waals surface area contributed by atoms with E-state index in [1.54, 1.807) is 0 Å². The maximum Gasteiger partial charge on any atom is 0.244 e. The highest BCUT2D eigenvalue weighted by Crippen LogP contribution is 2.65. The van der Waals surface area contributed by atoms with Crippen LogP contribution in [-0.2, 0) is 39.5 Å². The van der Waals surface area contributed by atoms with Gasteiger partial charge >= 0.3 is 0 Å². The largest absolute Gasteiger partial charge is 0.457 e. The lowest BCUT2D eigenvalue weighted by Gasteiger charge is -2.45. The SMILES string of the molecule is C[n+]1[c-]n2c3c(cccc31)C1(c3ccc(Oc4cc5c(cc4-c4ccc(C(C)(C)C)cc4)c4ccccc4n5-c4ccccn4)cc3-2)c2c(cc(C(C)(C)C)cc2C(C)(C)C)-c2cc(C(C)(C)C)cc(C(C)(C)C)c21. The number of aromatic nitrogens is 4. The van der Waals surface area contributed by atoms with Crippen LogP contribution in [0.15, 0.2) is 146 Å². The first-order chi connectivity index (χ1) is 35.3. The van der Waals surface area contributed by atoms with Crippen LogP contribution in [0.5, 0.6) is 11.5 Å². The van der Waals surface area contributed by atoms with Gasteiger partial charge in [-0.2, -0.15) is 0 Å². The number of aryl methyl sites for hydroxylation is 1. The van der Waals surface area contributed by atoms with E-state index in [0.29, 0.717) is 0 Å². The average Bonchev–Trinajstić information content (AvgIpc) is 3.97. The van der Waals surface area contributed by atoms with Crippen molar-refractivity contribution >= 4 is 32.8 Å². The molecule has 2 aliphatic rings. The van der Waals surface area contributed by atoms with Crippen molar-refractivity contribution in [3.63, 3.8) is 0 Å². The third-order valence-electron chi connectivity index (χ3n) is 16.5. The molecule has 12 rings (SSSR count). The zero-order valence-electron chi connectivity index (χ0n) is 47.1. The smallest absolute Gasteiger partial charge is 0.244 e. The molecule has 4 heterocycles. The fourth-order valence-electron chi connectivity index (χ4n) is 12.5. The summed E-state index contributed by atoms with van der Waals surface area (Å²) in [7, 11) is 2.14. The monoisotopic (exact) mass is 985 g/mol. The maximum atomic E-state index is 7.50. The lowest BCUT2D eigenvalue weighted by molar-refractivity contribution is -0.649. The molecular formula is C70H72N4O. The second-order valence-electron chi connectivity index (χ2n) is 26.8. The summed E-state index contributed by atoms with van der Waals surface area (Å²) < 4.78 is 14.3. The van der Waals surface area contributed by atoms with Crippen molar-refractivity contribution in [2.24, 2.45) is 7.05 Å². The van der Waals surface area contributed by atoms with E-state index in [1.807, 2.05) is 12.3 Å². The molecular weight excluding hydrogens is 913 g/mol. The number of imidazole rings is 1. The van der Waals surface area contributed by atoms with E-state index >= 15 is 0 Å². The summed E-state index contributed by atoms with van der Waals surface area (Å²) in [6.45, 7) is 35.4. The van der Waals surface area contributed by atoms with Crippen LogP contribution in [0, 0.1) is 6.33 Å². The fourth-order valence-corrected chi connectivity index (χ4v) is 12.5. The third-order valence-corrected chi connectivity index (χ3v) is 16.5. The highest BCUT2D eigenvalue weighted by molar-refractivity contribution is 6.11. The molecule has 0 saturated carbocycles. The van der Waals surface area contributed by atoms with Crippen LogP contribution in [0.4, 0.5) is 0 Å². The molecule has 1 aliphatic carbocycles. The molecule has 0 radical (unpaired) electrons. The van der Waals surface area contributed by atoms with E-state index < -0.39 is 5.41 Å². The van der Waals surface area contributed by atoms with E-state index in [4.69, 9.17) is 9.72 Å². The first-order valence-electron chi connectivity index (χ1n) is 27.0. The van der Waals surface area contributed by atoms with Gasteiger partial charge < -0.3 is 13.9 Å². The minimum atomic E-state index is -0.687. The van der Waals surface area contributed by atoms with Gasteiger partial charge in [-0.3, -0.25) is 4.57 Å². The van der Waals surface area contributed by atoms with Gasteiger partial charge in [0.2, 0.25) is 6.33 Å². The highest BCUT2D eigenvalue weighted by atomic mass is 16.5. The van der Waals surface area contributed by atoms with Gasteiger partial charge in [0.15, 0.2) is 0 Å². The quantitative estimate of drug-likeness (QED) is 0.130. The Morgan fingerprint density at radius 2 is 1.12 bits per heavy atom. The van der Waals surface area contributed by atoms with Crippen LogP contribution in [0.2, 0.25) is 0 Å². The number of nitrogens with zero attached hydrogens (tertiary/aromatic N) is 4. The molecule has 1 aliphatic heterocycles. The Hall–Kier alpha value is -7.24. The number of benzene rings is 7. The van der Waals surface area contributed by atoms with E-state index in [9.17, 15) is 0 Å². The molecule has 3 aromatic heterocycles. The number of fused-ring (bicyclic) bond motifs is 12. The Balaban J connectivity index is 1.18. The van der Waals surface area contributed by atoms with Gasteiger partial charge in [-0.1, -0.05) is 201 Å². The molecule has 0 atom stereocenters. The molecule has 75 heavy (non-hydrogen) atoms. The van der Waals surface area contributed by atoms with E-state index in [1.165, 1.54) is 72.1 Å². The Labute approximate surface area is 444 Å². The number of hydrogen-bond acceptors (Lipinski definition) is 2. The van der Waals surface area contributed by atoms with Gasteiger partial charge in [0.25, 0.3) is 0 Å². The predicted molar refractivity (Wildman–Crippen MR) is 312 cm³/mol. The van der Waals surface area contributed by atoms with Crippen LogP contribution in [0.1, 0.15) is 154 Å². The Bertz CT molecular complexity index is 3900. The fraction of sp³-hybridized carbons (Fsp3) is 0.314. The Morgan fingerprint density at radius 1 is 0.507 bits per heavy atom. The topological polar surface area (TPSA) is 35.9 Å². The number of para-hydroxylation sites is 2. The molecule has 0 fully saturated rings. The molecule has 10 aromatic rings. The number of pyridine rings is 1. The van der Waals surface area contributed by atoms with Gasteiger partial charge in [0.05, 0.1) is 40.2 Å². The van der Waals surface area contributed by atoms with Crippen LogP contribution >= 0.6 is 0 Å². The van der Waals surface area contributed by atoms with Crippen molar-refractivity contribution in [1.29, 1.82) is 0 Å². The number of hydrogen-bond donors (Lipinski definition) is 0. The lowest BCUT2D eigenvalue weighted by atomic mass is 9.60. The Kier molecular flexibility index (Phi) is 10.5. The number of rotatable bonds is 4. The molecule has 0 unspecified atom stereocenters. The first kappa shape index (κ1) is 48.7. The molecule has 378 valence electrons. The molecule has 5 nitrogen and oxygen atoms in total. The normalized spacial score (nSPS) is 14.2. The van der Waals surface area contributed by atoms with Crippen molar-refractivity contribution in [2.75, 3.05) is 0 Å². The summed E-state index contributed by atoms with van der Waals surface area (Å²) in [4.78, 5) is 4.89. The van der Waals surface area contributed by atoms with Crippen LogP contribution in [-0.4, -0.2) is 14.1 Å². The van der Waals surface area contributed by atoms with Crippen LogP contribution in [0.25, 0.3) is 66.6 Å². The van der Waals surface area contributed by atoms with Gasteiger partial charge in [-0.25, -0.2) is 4.98 Å². The van der Waals surface area contributed by atoms with Gasteiger partial charge in [-0.05, 0) is 130 Å². The predicted octanol–water partition coefficient (Wildman–Crippen LogP) is 17.4. The standard InChI is InChI=1S/C70H72N4O/c1-65(2,3)43-29-27-42(28-30-43)48-39-49-47-22-17-18-24-56(47)74(61-26-19-20-33-71-61)58(49)40-60(48)75-46-31-32-52-59(38-46)73-41-72(16)57-25-21-23-53(64(57)73)70(52)62-50(34-44(66(4,5)6)36-54(62)68(10,11)12)51-35-45(67(7,8)9)37-55(63(51)70)69(13,14)15/h17-40H,1-16H3. The molecule has 1 spiro atoms. The van der Waals surface area contributed by atoms with Crippen LogP contribution < -0.4 is 9.30 Å². The third kappa shape index (κ3) is 7.38. The van der Waals surface area contributed by atoms with Crippen molar-refractivity contribution < 1.29 is 9.30 Å². The van der Waals surface area contributed by atoms with Crippen molar-refractivity contribution in [1.82, 2.24) is 14.1 Å². The average molecular weight is 985 g/mol. The summed E-state index contributed by atoms with van der Waals surface area (Å²) >= 11 is 0. The molecule has 0 bridgehead atoms. The van der Waals surface area contributed by atoms with Crippen molar-refractivity contribution in [3.8, 4) is 45.3 Å². The summed E-state index contributed by atoms with van der Waals surface area (Å²) in [6.07, 6.45) is 5.70. The molecule has 7 aromatic carbocycles. The lowest BCUT2D eigenvalue weighted by Crippen LogP contribution is -2.38. The van der Waals surface area contributed by atoms with Crippen LogP contribution in [0.3, 0.4) is 0 Å². The van der Waals surface area contributed by atoms with E-state index in [0.717, 1.165) is 56.1 Å². The zero-order valence-corrected chi connectivity index (χ0v) is 47.1. The molecule has 0 N–H and O–H groups in total.